The maximum Gasteiger partial charge on any atom is 0.161 e. The lowest BCUT2D eigenvalue weighted by atomic mass is 10.0. The molecule has 0 aromatic heterocycles. The van der Waals surface area contributed by atoms with Crippen molar-refractivity contribution in [2.75, 3.05) is 6.61 Å². The minimum Gasteiger partial charge on any atom is -0.490 e. The van der Waals surface area contributed by atoms with Gasteiger partial charge in [0.2, 0.25) is 0 Å². The Balaban J connectivity index is 1.85. The highest BCUT2D eigenvalue weighted by Crippen LogP contribution is 2.31. The van der Waals surface area contributed by atoms with Crippen LogP contribution in [0.3, 0.4) is 0 Å². The lowest BCUT2D eigenvalue weighted by Gasteiger charge is -2.13. The molecule has 3 aromatic carbocycles. The number of ether oxygens (including phenoxy) is 2. The van der Waals surface area contributed by atoms with Crippen molar-refractivity contribution in [3.05, 3.63) is 94.0 Å². The molecule has 0 unspecified atom stereocenters. The van der Waals surface area contributed by atoms with Crippen molar-refractivity contribution in [3.63, 3.8) is 0 Å². The minimum atomic E-state index is 0.471. The Hall–Kier alpha value is -3.03. The zero-order chi connectivity index (χ0) is 19.8. The fourth-order valence-electron chi connectivity index (χ4n) is 2.71. The second-order valence-corrected chi connectivity index (χ2v) is 7.01. The van der Waals surface area contributed by atoms with Crippen molar-refractivity contribution in [3.8, 4) is 17.6 Å². The van der Waals surface area contributed by atoms with E-state index < -0.39 is 0 Å². The van der Waals surface area contributed by atoms with E-state index in [9.17, 15) is 5.26 Å². The second-order valence-electron chi connectivity index (χ2n) is 6.09. The van der Waals surface area contributed by atoms with Gasteiger partial charge in [0.1, 0.15) is 6.61 Å². The van der Waals surface area contributed by atoms with Gasteiger partial charge >= 0.3 is 0 Å². The number of rotatable bonds is 7. The van der Waals surface area contributed by atoms with E-state index in [0.29, 0.717) is 30.3 Å². The Bertz CT molecular complexity index is 989. The van der Waals surface area contributed by atoms with E-state index in [2.05, 4.69) is 22.0 Å². The van der Waals surface area contributed by atoms with Gasteiger partial charge in [-0.3, -0.25) is 0 Å². The quantitative estimate of drug-likeness (QED) is 0.315. The number of hydrogen-bond donors (Lipinski definition) is 0. The Labute approximate surface area is 174 Å². The van der Waals surface area contributed by atoms with Gasteiger partial charge in [-0.25, -0.2) is 0 Å². The molecule has 0 heterocycles. The molecule has 3 rings (SSSR count). The summed E-state index contributed by atoms with van der Waals surface area (Å²) in [5.41, 5.74) is 3.44. The number of nitriles is 1. The highest BCUT2D eigenvalue weighted by Gasteiger charge is 2.08. The van der Waals surface area contributed by atoms with Crippen LogP contribution >= 0.6 is 15.9 Å². The van der Waals surface area contributed by atoms with Crippen LogP contribution in [0.2, 0.25) is 0 Å². The molecule has 0 saturated heterocycles. The van der Waals surface area contributed by atoms with Gasteiger partial charge in [-0.1, -0.05) is 64.5 Å². The van der Waals surface area contributed by atoms with Crippen molar-refractivity contribution in [1.29, 1.82) is 5.26 Å². The molecule has 0 radical (unpaired) electrons. The van der Waals surface area contributed by atoms with Gasteiger partial charge in [-0.2, -0.15) is 5.26 Å². The van der Waals surface area contributed by atoms with E-state index in [1.807, 2.05) is 85.8 Å². The minimum absolute atomic E-state index is 0.471. The summed E-state index contributed by atoms with van der Waals surface area (Å²) >= 11 is 3.42. The summed E-state index contributed by atoms with van der Waals surface area (Å²) < 4.78 is 12.7. The third kappa shape index (κ3) is 5.25. The monoisotopic (exact) mass is 433 g/mol. The maximum atomic E-state index is 9.56. The molecule has 3 aromatic rings. The van der Waals surface area contributed by atoms with Crippen LogP contribution in [0.15, 0.2) is 77.3 Å². The van der Waals surface area contributed by atoms with Gasteiger partial charge in [-0.15, -0.1) is 0 Å². The van der Waals surface area contributed by atoms with Gasteiger partial charge in [-0.05, 0) is 54.0 Å². The standard InChI is InChI=1S/C24H20BrNO2/c1-2-27-24-15-19(14-21(16-26)20-9-11-22(25)12-10-20)8-13-23(24)28-17-18-6-4-3-5-7-18/h3-15H,2,17H2,1H3/b21-14-. The molecule has 0 aliphatic rings. The topological polar surface area (TPSA) is 42.2 Å². The summed E-state index contributed by atoms with van der Waals surface area (Å²) in [6.45, 7) is 2.94. The first-order valence-electron chi connectivity index (χ1n) is 9.01. The van der Waals surface area contributed by atoms with Gasteiger partial charge in [0.25, 0.3) is 0 Å². The zero-order valence-electron chi connectivity index (χ0n) is 15.6. The van der Waals surface area contributed by atoms with Crippen molar-refractivity contribution in [1.82, 2.24) is 0 Å². The van der Waals surface area contributed by atoms with E-state index >= 15 is 0 Å². The number of hydrogen-bond acceptors (Lipinski definition) is 3. The van der Waals surface area contributed by atoms with Crippen LogP contribution in [-0.2, 0) is 6.61 Å². The molecule has 28 heavy (non-hydrogen) atoms. The third-order valence-corrected chi connectivity index (χ3v) is 4.62. The van der Waals surface area contributed by atoms with Crippen LogP contribution in [0, 0.1) is 11.3 Å². The lowest BCUT2D eigenvalue weighted by Crippen LogP contribution is -2.00. The fourth-order valence-corrected chi connectivity index (χ4v) is 2.98. The number of halogens is 1. The molecule has 0 bridgehead atoms. The molecule has 140 valence electrons. The smallest absolute Gasteiger partial charge is 0.161 e. The molecule has 4 heteroatoms. The van der Waals surface area contributed by atoms with E-state index in [4.69, 9.17) is 9.47 Å². The van der Waals surface area contributed by atoms with E-state index in [1.165, 1.54) is 0 Å². The van der Waals surface area contributed by atoms with Crippen LogP contribution in [0.1, 0.15) is 23.6 Å². The summed E-state index contributed by atoms with van der Waals surface area (Å²) in [5.74, 6) is 1.35. The number of benzene rings is 3. The zero-order valence-corrected chi connectivity index (χ0v) is 17.1. The molecular weight excluding hydrogens is 414 g/mol. The first-order valence-corrected chi connectivity index (χ1v) is 9.80. The summed E-state index contributed by atoms with van der Waals surface area (Å²) in [5, 5.41) is 9.56. The first-order chi connectivity index (χ1) is 13.7. The van der Waals surface area contributed by atoms with Crippen LogP contribution in [0.4, 0.5) is 0 Å². The second kappa shape index (κ2) is 9.77. The molecule has 0 atom stereocenters. The third-order valence-electron chi connectivity index (χ3n) is 4.09. The molecule has 0 aliphatic heterocycles. The van der Waals surface area contributed by atoms with Gasteiger partial charge in [0, 0.05) is 4.47 Å². The van der Waals surface area contributed by atoms with E-state index in [1.54, 1.807) is 0 Å². The Morgan fingerprint density at radius 2 is 1.71 bits per heavy atom. The van der Waals surface area contributed by atoms with Gasteiger partial charge in [0.05, 0.1) is 18.2 Å². The highest BCUT2D eigenvalue weighted by molar-refractivity contribution is 9.10. The summed E-state index contributed by atoms with van der Waals surface area (Å²) in [4.78, 5) is 0. The molecule has 3 nitrogen and oxygen atoms in total. The van der Waals surface area contributed by atoms with Gasteiger partial charge in [0.15, 0.2) is 11.5 Å². The SMILES string of the molecule is CCOc1cc(/C=C(/C#N)c2ccc(Br)cc2)ccc1OCc1ccccc1. The highest BCUT2D eigenvalue weighted by atomic mass is 79.9. The molecule has 0 saturated carbocycles. The molecule has 0 aliphatic carbocycles. The average Bonchev–Trinajstić information content (AvgIpc) is 2.73. The van der Waals surface area contributed by atoms with Gasteiger partial charge < -0.3 is 9.47 Å². The predicted octanol–water partition coefficient (Wildman–Crippen LogP) is 6.49. The van der Waals surface area contributed by atoms with Crippen LogP contribution in [-0.4, -0.2) is 6.61 Å². The number of nitrogens with zero attached hydrogens (tertiary/aromatic N) is 1. The Kier molecular flexibility index (Phi) is 6.89. The first kappa shape index (κ1) is 19.7. The average molecular weight is 434 g/mol. The van der Waals surface area contributed by atoms with E-state index in [-0.39, 0.29) is 0 Å². The Morgan fingerprint density at radius 3 is 2.39 bits per heavy atom. The predicted molar refractivity (Wildman–Crippen MR) is 116 cm³/mol. The molecule has 0 fully saturated rings. The Morgan fingerprint density at radius 1 is 0.964 bits per heavy atom. The maximum absolute atomic E-state index is 9.56. The fraction of sp³-hybridized carbons (Fsp3) is 0.125. The van der Waals surface area contributed by atoms with Crippen LogP contribution in [0.25, 0.3) is 11.6 Å². The van der Waals surface area contributed by atoms with E-state index in [0.717, 1.165) is 21.2 Å². The van der Waals surface area contributed by atoms with Crippen LogP contribution in [0.5, 0.6) is 11.5 Å². The molecule has 0 N–H and O–H groups in total. The van der Waals surface area contributed by atoms with Crippen molar-refractivity contribution in [2.45, 2.75) is 13.5 Å². The number of allylic oxidation sites excluding steroid dienone is 1. The van der Waals surface area contributed by atoms with Crippen molar-refractivity contribution >= 4 is 27.6 Å². The summed E-state index contributed by atoms with van der Waals surface area (Å²) in [6, 6.07) is 25.7. The normalized spacial score (nSPS) is 11.0. The summed E-state index contributed by atoms with van der Waals surface area (Å²) in [6.07, 6.45) is 1.85. The van der Waals surface area contributed by atoms with Crippen molar-refractivity contribution in [2.24, 2.45) is 0 Å². The molecular formula is C24H20BrNO2. The van der Waals surface area contributed by atoms with Crippen molar-refractivity contribution < 1.29 is 9.47 Å². The molecule has 0 amide bonds. The van der Waals surface area contributed by atoms with Crippen LogP contribution < -0.4 is 9.47 Å². The molecule has 0 spiro atoms. The summed E-state index contributed by atoms with van der Waals surface area (Å²) in [7, 11) is 0. The largest absolute Gasteiger partial charge is 0.490 e. The lowest BCUT2D eigenvalue weighted by molar-refractivity contribution is 0.269.